The topological polar surface area (TPSA) is 101 Å². The molecule has 0 amide bonds. The van der Waals surface area contributed by atoms with Crippen LogP contribution in [0.2, 0.25) is 0 Å². The van der Waals surface area contributed by atoms with Gasteiger partial charge in [-0.1, -0.05) is 58.4 Å². The molecule has 0 aliphatic rings. The number of nitrogens with one attached hydrogen (secondary N) is 2. The number of hydrogen-bond donors (Lipinski definition) is 2. The molecule has 4 aromatic rings. The van der Waals surface area contributed by atoms with Crippen molar-refractivity contribution in [1.82, 2.24) is 9.97 Å². The predicted octanol–water partition coefficient (Wildman–Crippen LogP) is 5.47. The van der Waals surface area contributed by atoms with Gasteiger partial charge in [0.15, 0.2) is 5.78 Å². The van der Waals surface area contributed by atoms with Crippen LogP contribution in [0.4, 0.5) is 11.6 Å². The van der Waals surface area contributed by atoms with E-state index >= 15 is 0 Å². The zero-order chi connectivity index (χ0) is 24.0. The number of aromatic nitrogens is 2. The van der Waals surface area contributed by atoms with E-state index in [1.54, 1.807) is 30.3 Å². The van der Waals surface area contributed by atoms with Crippen LogP contribution in [-0.4, -0.2) is 24.2 Å². The molecular formula is C25H21BrN4O3S. The molecule has 0 spiro atoms. The van der Waals surface area contributed by atoms with Crippen LogP contribution in [0.15, 0.2) is 107 Å². The lowest BCUT2D eigenvalue weighted by Crippen LogP contribution is -2.17. The van der Waals surface area contributed by atoms with Crippen LogP contribution in [0.5, 0.6) is 0 Å². The molecule has 1 atom stereocenters. The molecule has 2 N–H and O–H groups in total. The summed E-state index contributed by atoms with van der Waals surface area (Å²) in [5.74, 6) is 0.000379. The highest BCUT2D eigenvalue weighted by Crippen LogP contribution is 2.26. The van der Waals surface area contributed by atoms with Crippen LogP contribution in [0.1, 0.15) is 28.4 Å². The number of anilines is 2. The molecule has 0 radical (unpaired) electrons. The van der Waals surface area contributed by atoms with Gasteiger partial charge in [0.25, 0.3) is 10.0 Å². The van der Waals surface area contributed by atoms with Crippen LogP contribution in [0.3, 0.4) is 0 Å². The van der Waals surface area contributed by atoms with Gasteiger partial charge in [0, 0.05) is 34.5 Å². The van der Waals surface area contributed by atoms with Crippen molar-refractivity contribution in [3.05, 3.63) is 113 Å². The van der Waals surface area contributed by atoms with Gasteiger partial charge >= 0.3 is 0 Å². The minimum atomic E-state index is -3.83. The van der Waals surface area contributed by atoms with Gasteiger partial charge in [0.1, 0.15) is 0 Å². The average molecular weight is 537 g/mol. The Bertz CT molecular complexity index is 1350. The largest absolute Gasteiger partial charge is 0.378 e. The second-order valence-corrected chi connectivity index (χ2v) is 10.0. The number of Topliss-reactive ketones (excluding diaryl/α,β-unsaturated/α-hetero) is 1. The minimum absolute atomic E-state index is 0.000104. The number of carbonyl (C=O) groups excluding carboxylic acids is 1. The van der Waals surface area contributed by atoms with Crippen molar-refractivity contribution in [2.45, 2.75) is 17.4 Å². The summed E-state index contributed by atoms with van der Waals surface area (Å²) in [4.78, 5) is 20.8. The van der Waals surface area contributed by atoms with Crippen LogP contribution >= 0.6 is 15.9 Å². The van der Waals surface area contributed by atoms with E-state index in [1.165, 1.54) is 24.5 Å². The average Bonchev–Trinajstić information content (AvgIpc) is 2.85. The van der Waals surface area contributed by atoms with Crippen molar-refractivity contribution in [2.24, 2.45) is 0 Å². The summed E-state index contributed by atoms with van der Waals surface area (Å²) in [5, 5.41) is 3.37. The fourth-order valence-corrected chi connectivity index (χ4v) is 4.56. The molecular weight excluding hydrogens is 516 g/mol. The SMILES string of the molecule is O=C(CC(Nc1ccc(S(=O)(=O)Nc2ncccn2)cc1)c1ccccc1)c1ccc(Br)cc1. The molecule has 3 aromatic carbocycles. The Morgan fingerprint density at radius 3 is 2.15 bits per heavy atom. The van der Waals surface area contributed by atoms with E-state index in [-0.39, 0.29) is 29.1 Å². The first-order valence-electron chi connectivity index (χ1n) is 10.4. The van der Waals surface area contributed by atoms with Crippen molar-refractivity contribution in [3.8, 4) is 0 Å². The number of benzene rings is 3. The quantitative estimate of drug-likeness (QED) is 0.275. The zero-order valence-corrected chi connectivity index (χ0v) is 20.3. The number of carbonyl (C=O) groups is 1. The first kappa shape index (κ1) is 23.6. The van der Waals surface area contributed by atoms with E-state index in [0.717, 1.165) is 10.0 Å². The molecule has 1 unspecified atom stereocenters. The van der Waals surface area contributed by atoms with Crippen LogP contribution in [-0.2, 0) is 10.0 Å². The molecule has 0 aliphatic heterocycles. The standard InChI is InChI=1S/C25H21BrN4O3S/c26-20-9-7-19(8-10-20)24(31)17-23(18-5-2-1-3-6-18)29-21-11-13-22(14-12-21)34(32,33)30-25-27-15-4-16-28-25/h1-16,23,29H,17H2,(H,27,28,30). The van der Waals surface area contributed by atoms with E-state index in [4.69, 9.17) is 0 Å². The molecule has 7 nitrogen and oxygen atoms in total. The summed E-state index contributed by atoms with van der Waals surface area (Å²) in [7, 11) is -3.83. The molecule has 172 valence electrons. The van der Waals surface area contributed by atoms with Gasteiger partial charge in [0.05, 0.1) is 10.9 Å². The first-order valence-corrected chi connectivity index (χ1v) is 12.7. The Morgan fingerprint density at radius 1 is 0.853 bits per heavy atom. The Labute approximate surface area is 206 Å². The second kappa shape index (κ2) is 10.6. The van der Waals surface area contributed by atoms with Crippen molar-refractivity contribution < 1.29 is 13.2 Å². The summed E-state index contributed by atoms with van der Waals surface area (Å²) in [6, 6.07) is 24.5. The molecule has 4 rings (SSSR count). The lowest BCUT2D eigenvalue weighted by Gasteiger charge is -2.20. The van der Waals surface area contributed by atoms with Crippen molar-refractivity contribution in [3.63, 3.8) is 0 Å². The summed E-state index contributed by atoms with van der Waals surface area (Å²) < 4.78 is 28.5. The third-order valence-corrected chi connectivity index (χ3v) is 6.93. The van der Waals surface area contributed by atoms with Gasteiger partial charge in [-0.2, -0.15) is 0 Å². The third-order valence-electron chi connectivity index (χ3n) is 5.05. The number of nitrogens with zero attached hydrogens (tertiary/aromatic N) is 2. The molecule has 34 heavy (non-hydrogen) atoms. The minimum Gasteiger partial charge on any atom is -0.378 e. The molecule has 0 saturated heterocycles. The van der Waals surface area contributed by atoms with Gasteiger partial charge in [-0.15, -0.1) is 0 Å². The van der Waals surface area contributed by atoms with Gasteiger partial charge < -0.3 is 5.32 Å². The third kappa shape index (κ3) is 6.06. The number of hydrogen-bond acceptors (Lipinski definition) is 6. The lowest BCUT2D eigenvalue weighted by molar-refractivity contribution is 0.0976. The number of halogens is 1. The Balaban J connectivity index is 1.52. The van der Waals surface area contributed by atoms with E-state index in [1.807, 2.05) is 42.5 Å². The maximum Gasteiger partial charge on any atom is 0.264 e. The predicted molar refractivity (Wildman–Crippen MR) is 135 cm³/mol. The summed E-state index contributed by atoms with van der Waals surface area (Å²) in [6.07, 6.45) is 3.15. The maximum absolute atomic E-state index is 12.9. The molecule has 0 bridgehead atoms. The van der Waals surface area contributed by atoms with Crippen LogP contribution < -0.4 is 10.0 Å². The van der Waals surface area contributed by atoms with Crippen LogP contribution in [0.25, 0.3) is 0 Å². The van der Waals surface area contributed by atoms with Gasteiger partial charge in [-0.25, -0.2) is 23.1 Å². The van der Waals surface area contributed by atoms with Gasteiger partial charge in [0.2, 0.25) is 5.95 Å². The van der Waals surface area contributed by atoms with Crippen molar-refractivity contribution in [2.75, 3.05) is 10.0 Å². The van der Waals surface area contributed by atoms with Gasteiger partial charge in [-0.3, -0.25) is 4.79 Å². The Hall–Kier alpha value is -3.56. The first-order chi connectivity index (χ1) is 16.4. The molecule has 0 fully saturated rings. The zero-order valence-electron chi connectivity index (χ0n) is 17.9. The number of sulfonamides is 1. The number of ketones is 1. The number of rotatable bonds is 9. The van der Waals surface area contributed by atoms with E-state index in [0.29, 0.717) is 11.3 Å². The van der Waals surface area contributed by atoms with Crippen molar-refractivity contribution in [1.29, 1.82) is 0 Å². The molecule has 9 heteroatoms. The highest BCUT2D eigenvalue weighted by molar-refractivity contribution is 9.10. The Kier molecular flexibility index (Phi) is 7.34. The van der Waals surface area contributed by atoms with E-state index in [2.05, 4.69) is 35.9 Å². The van der Waals surface area contributed by atoms with E-state index < -0.39 is 10.0 Å². The fraction of sp³-hybridized carbons (Fsp3) is 0.0800. The highest BCUT2D eigenvalue weighted by Gasteiger charge is 2.19. The molecule has 0 saturated carbocycles. The molecule has 0 aliphatic carbocycles. The summed E-state index contributed by atoms with van der Waals surface area (Å²) >= 11 is 3.39. The lowest BCUT2D eigenvalue weighted by atomic mass is 9.97. The fourth-order valence-electron chi connectivity index (χ4n) is 3.34. The monoisotopic (exact) mass is 536 g/mol. The molecule has 1 heterocycles. The second-order valence-electron chi connectivity index (χ2n) is 7.44. The summed E-state index contributed by atoms with van der Waals surface area (Å²) in [6.45, 7) is 0. The highest BCUT2D eigenvalue weighted by atomic mass is 79.9. The summed E-state index contributed by atoms with van der Waals surface area (Å²) in [5.41, 5.74) is 2.27. The Morgan fingerprint density at radius 2 is 1.50 bits per heavy atom. The smallest absolute Gasteiger partial charge is 0.264 e. The normalized spacial score (nSPS) is 12.0. The van der Waals surface area contributed by atoms with E-state index in [9.17, 15) is 13.2 Å². The van der Waals surface area contributed by atoms with Gasteiger partial charge in [-0.05, 0) is 48.0 Å². The van der Waals surface area contributed by atoms with Crippen LogP contribution in [0, 0.1) is 0 Å². The van der Waals surface area contributed by atoms with Crippen molar-refractivity contribution >= 4 is 43.4 Å². The molecule has 1 aromatic heterocycles. The maximum atomic E-state index is 12.9.